The number of thiophene rings is 1. The van der Waals surface area contributed by atoms with Gasteiger partial charge in [0.05, 0.1) is 12.2 Å². The molecule has 74 valence electrons. The van der Waals surface area contributed by atoms with Gasteiger partial charge in [-0.3, -0.25) is 0 Å². The molecule has 14 heavy (non-hydrogen) atoms. The minimum absolute atomic E-state index is 0.296. The van der Waals surface area contributed by atoms with Gasteiger partial charge in [0.15, 0.2) is 0 Å². The molecule has 0 saturated heterocycles. The lowest BCUT2D eigenvalue weighted by Crippen LogP contribution is -2.05. The van der Waals surface area contributed by atoms with Gasteiger partial charge in [-0.2, -0.15) is 0 Å². The molecule has 2 nitrogen and oxygen atoms in total. The van der Waals surface area contributed by atoms with E-state index in [0.717, 1.165) is 4.88 Å². The van der Waals surface area contributed by atoms with Gasteiger partial charge in [0.25, 0.3) is 0 Å². The summed E-state index contributed by atoms with van der Waals surface area (Å²) >= 11 is 1.51. The van der Waals surface area contributed by atoms with E-state index in [1.807, 2.05) is 17.5 Å². The average Bonchev–Trinajstić information content (AvgIpc) is 2.67. The minimum atomic E-state index is -0.296. The second kappa shape index (κ2) is 5.40. The highest BCUT2D eigenvalue weighted by molar-refractivity contribution is 7.11. The Kier molecular flexibility index (Phi) is 4.13. The summed E-state index contributed by atoms with van der Waals surface area (Å²) in [5, 5.41) is 1.92. The second-order valence-corrected chi connectivity index (χ2v) is 3.46. The molecule has 0 amide bonds. The van der Waals surface area contributed by atoms with Crippen LogP contribution in [-0.2, 0) is 9.53 Å². The van der Waals surface area contributed by atoms with Crippen LogP contribution in [0.25, 0.3) is 5.57 Å². The Morgan fingerprint density at radius 2 is 2.50 bits per heavy atom. The Balaban J connectivity index is 2.91. The molecule has 1 rings (SSSR count). The van der Waals surface area contributed by atoms with Gasteiger partial charge in [0.1, 0.15) is 0 Å². The van der Waals surface area contributed by atoms with Gasteiger partial charge in [0.2, 0.25) is 0 Å². The van der Waals surface area contributed by atoms with Gasteiger partial charge >= 0.3 is 5.97 Å². The summed E-state index contributed by atoms with van der Waals surface area (Å²) in [5.74, 6) is -0.296. The molecule has 0 atom stereocenters. The smallest absolute Gasteiger partial charge is 0.339 e. The van der Waals surface area contributed by atoms with Crippen molar-refractivity contribution in [3.05, 3.63) is 41.1 Å². The number of ether oxygens (including phenoxy) is 1. The van der Waals surface area contributed by atoms with Crippen molar-refractivity contribution in [1.29, 1.82) is 0 Å². The van der Waals surface area contributed by atoms with Crippen LogP contribution in [-0.4, -0.2) is 12.6 Å². The second-order valence-electron chi connectivity index (χ2n) is 2.51. The van der Waals surface area contributed by atoms with Crippen molar-refractivity contribution in [1.82, 2.24) is 0 Å². The quantitative estimate of drug-likeness (QED) is 0.432. The predicted molar refractivity (Wildman–Crippen MR) is 59.1 cm³/mol. The normalized spacial score (nSPS) is 11.1. The molecule has 0 N–H and O–H groups in total. The minimum Gasteiger partial charge on any atom is -0.462 e. The largest absolute Gasteiger partial charge is 0.462 e. The molecule has 0 bridgehead atoms. The highest BCUT2D eigenvalue weighted by Crippen LogP contribution is 2.21. The van der Waals surface area contributed by atoms with Crippen molar-refractivity contribution in [2.75, 3.05) is 6.61 Å². The van der Waals surface area contributed by atoms with Crippen LogP contribution in [0.2, 0.25) is 0 Å². The molecule has 1 aromatic rings. The molecule has 0 saturated carbocycles. The van der Waals surface area contributed by atoms with Crippen molar-refractivity contribution in [2.45, 2.75) is 6.92 Å². The van der Waals surface area contributed by atoms with Crippen molar-refractivity contribution < 1.29 is 9.53 Å². The van der Waals surface area contributed by atoms with Crippen LogP contribution in [0.15, 0.2) is 36.2 Å². The van der Waals surface area contributed by atoms with Crippen molar-refractivity contribution in [3.63, 3.8) is 0 Å². The molecule has 0 aliphatic carbocycles. The third-order valence-corrected chi connectivity index (χ3v) is 2.47. The zero-order chi connectivity index (χ0) is 10.4. The van der Waals surface area contributed by atoms with Crippen LogP contribution < -0.4 is 0 Å². The van der Waals surface area contributed by atoms with Gasteiger partial charge < -0.3 is 4.74 Å². The van der Waals surface area contributed by atoms with Gasteiger partial charge in [-0.1, -0.05) is 18.7 Å². The fraction of sp³-hybridized carbons (Fsp3) is 0.182. The first-order chi connectivity index (χ1) is 6.79. The van der Waals surface area contributed by atoms with Crippen LogP contribution >= 0.6 is 11.3 Å². The fourth-order valence-corrected chi connectivity index (χ4v) is 1.75. The van der Waals surface area contributed by atoms with Crippen LogP contribution in [0, 0.1) is 0 Å². The predicted octanol–water partition coefficient (Wildman–Crippen LogP) is 2.88. The van der Waals surface area contributed by atoms with Gasteiger partial charge in [-0.05, 0) is 24.4 Å². The van der Waals surface area contributed by atoms with Crippen molar-refractivity contribution in [3.8, 4) is 0 Å². The zero-order valence-corrected chi connectivity index (χ0v) is 8.84. The van der Waals surface area contributed by atoms with E-state index < -0.39 is 0 Å². The number of carbonyl (C=O) groups excluding carboxylic acids is 1. The van der Waals surface area contributed by atoms with E-state index >= 15 is 0 Å². The van der Waals surface area contributed by atoms with Crippen LogP contribution in [0.1, 0.15) is 11.8 Å². The highest BCUT2D eigenvalue weighted by Gasteiger charge is 2.12. The monoisotopic (exact) mass is 208 g/mol. The molecule has 0 aliphatic heterocycles. The summed E-state index contributed by atoms with van der Waals surface area (Å²) in [5.41, 5.74) is 0.567. The maximum atomic E-state index is 11.5. The number of rotatable bonds is 4. The van der Waals surface area contributed by atoms with E-state index in [1.54, 1.807) is 19.1 Å². The van der Waals surface area contributed by atoms with E-state index in [1.165, 1.54) is 11.3 Å². The van der Waals surface area contributed by atoms with Gasteiger partial charge in [0, 0.05) is 4.88 Å². The zero-order valence-electron chi connectivity index (χ0n) is 8.03. The Bertz CT molecular complexity index is 336. The molecule has 3 heteroatoms. The van der Waals surface area contributed by atoms with E-state index in [9.17, 15) is 4.79 Å². The molecule has 1 aromatic heterocycles. The first kappa shape index (κ1) is 10.7. The van der Waals surface area contributed by atoms with Crippen LogP contribution in [0.5, 0.6) is 0 Å². The van der Waals surface area contributed by atoms with E-state index in [-0.39, 0.29) is 5.97 Å². The number of allylic oxidation sites excluding steroid dienone is 2. The molecule has 0 aromatic carbocycles. The first-order valence-corrected chi connectivity index (χ1v) is 5.21. The average molecular weight is 208 g/mol. The van der Waals surface area contributed by atoms with Crippen molar-refractivity contribution >= 4 is 22.9 Å². The SMILES string of the molecule is C=CC=C(C(=O)OCC)c1cccs1. The topological polar surface area (TPSA) is 26.3 Å². The summed E-state index contributed by atoms with van der Waals surface area (Å²) in [6.07, 6.45) is 3.26. The van der Waals surface area contributed by atoms with Crippen molar-refractivity contribution in [2.24, 2.45) is 0 Å². The van der Waals surface area contributed by atoms with E-state index in [0.29, 0.717) is 12.2 Å². The Morgan fingerprint density at radius 3 is 3.00 bits per heavy atom. The summed E-state index contributed by atoms with van der Waals surface area (Å²) in [6.45, 7) is 5.75. The third kappa shape index (κ3) is 2.57. The molecule has 0 fully saturated rings. The summed E-state index contributed by atoms with van der Waals surface area (Å²) < 4.78 is 4.93. The Morgan fingerprint density at radius 1 is 1.71 bits per heavy atom. The molecule has 0 spiro atoms. The number of carbonyl (C=O) groups is 1. The molecular formula is C11H12O2S. The molecule has 0 unspecified atom stereocenters. The summed E-state index contributed by atoms with van der Waals surface area (Å²) in [6, 6.07) is 3.78. The number of hydrogen-bond acceptors (Lipinski definition) is 3. The number of esters is 1. The highest BCUT2D eigenvalue weighted by atomic mass is 32.1. The van der Waals surface area contributed by atoms with E-state index in [2.05, 4.69) is 6.58 Å². The third-order valence-electron chi connectivity index (χ3n) is 1.57. The molecule has 0 radical (unpaired) electrons. The Labute approximate surface area is 87.5 Å². The lowest BCUT2D eigenvalue weighted by atomic mass is 10.2. The van der Waals surface area contributed by atoms with E-state index in [4.69, 9.17) is 4.74 Å². The Hall–Kier alpha value is -1.35. The summed E-state index contributed by atoms with van der Waals surface area (Å²) in [7, 11) is 0. The van der Waals surface area contributed by atoms with Crippen LogP contribution in [0.4, 0.5) is 0 Å². The van der Waals surface area contributed by atoms with Gasteiger partial charge in [-0.25, -0.2) is 4.79 Å². The summed E-state index contributed by atoms with van der Waals surface area (Å²) in [4.78, 5) is 12.4. The maximum Gasteiger partial charge on any atom is 0.339 e. The fourth-order valence-electron chi connectivity index (χ4n) is 1.01. The lowest BCUT2D eigenvalue weighted by molar-refractivity contribution is -0.136. The lowest BCUT2D eigenvalue weighted by Gasteiger charge is -2.03. The standard InChI is InChI=1S/C11H12O2S/c1-3-6-9(11(12)13-4-2)10-7-5-8-14-10/h3,5-8H,1,4H2,2H3. The molecule has 0 aliphatic rings. The molecule has 1 heterocycles. The first-order valence-electron chi connectivity index (χ1n) is 4.33. The molecular weight excluding hydrogens is 196 g/mol. The van der Waals surface area contributed by atoms with Crippen LogP contribution in [0.3, 0.4) is 0 Å². The van der Waals surface area contributed by atoms with Gasteiger partial charge in [-0.15, -0.1) is 11.3 Å². The maximum absolute atomic E-state index is 11.5. The number of hydrogen-bond donors (Lipinski definition) is 0.